The second-order valence-electron chi connectivity index (χ2n) is 9.59. The van der Waals surface area contributed by atoms with Gasteiger partial charge in [-0.25, -0.2) is 0 Å². The highest BCUT2D eigenvalue weighted by molar-refractivity contribution is 6.74. The molecule has 1 aromatic carbocycles. The van der Waals surface area contributed by atoms with Gasteiger partial charge in [0.15, 0.2) is 8.32 Å². The zero-order chi connectivity index (χ0) is 20.2. The highest BCUT2D eigenvalue weighted by Gasteiger charge is 2.37. The summed E-state index contributed by atoms with van der Waals surface area (Å²) in [6.07, 6.45) is 3.36. The SMILES string of the molecule is CC(CO[Si](C)(C)C(C)(C)C)c1ccccc1NC1CCC(C(=O)O)CC1. The van der Waals surface area contributed by atoms with Crippen molar-refractivity contribution in [3.05, 3.63) is 29.8 Å². The summed E-state index contributed by atoms with van der Waals surface area (Å²) in [7, 11) is -1.75. The van der Waals surface area contributed by atoms with Crippen molar-refractivity contribution in [1.82, 2.24) is 0 Å². The molecule has 1 unspecified atom stereocenters. The third kappa shape index (κ3) is 5.82. The van der Waals surface area contributed by atoms with Crippen LogP contribution in [0.3, 0.4) is 0 Å². The van der Waals surface area contributed by atoms with E-state index in [2.05, 4.69) is 70.4 Å². The molecule has 2 N–H and O–H groups in total. The quantitative estimate of drug-likeness (QED) is 0.571. The van der Waals surface area contributed by atoms with E-state index < -0.39 is 14.3 Å². The maximum atomic E-state index is 11.2. The van der Waals surface area contributed by atoms with Crippen molar-refractivity contribution in [2.24, 2.45) is 5.92 Å². The third-order valence-electron chi connectivity index (χ3n) is 6.43. The van der Waals surface area contributed by atoms with Gasteiger partial charge in [0.25, 0.3) is 0 Å². The number of para-hydroxylation sites is 1. The normalized spacial score (nSPS) is 22.3. The lowest BCUT2D eigenvalue weighted by Gasteiger charge is -2.37. The van der Waals surface area contributed by atoms with Gasteiger partial charge in [-0.3, -0.25) is 4.79 Å². The van der Waals surface area contributed by atoms with E-state index in [9.17, 15) is 9.90 Å². The van der Waals surface area contributed by atoms with Crippen molar-refractivity contribution in [2.45, 2.75) is 83.5 Å². The van der Waals surface area contributed by atoms with Crippen LogP contribution in [-0.4, -0.2) is 32.0 Å². The molecule has 1 fully saturated rings. The van der Waals surface area contributed by atoms with E-state index in [4.69, 9.17) is 4.43 Å². The number of carboxylic acid groups (broad SMARTS) is 1. The number of nitrogens with one attached hydrogen (secondary N) is 1. The maximum Gasteiger partial charge on any atom is 0.306 e. The smallest absolute Gasteiger partial charge is 0.306 e. The van der Waals surface area contributed by atoms with Crippen molar-refractivity contribution < 1.29 is 14.3 Å². The van der Waals surface area contributed by atoms with Gasteiger partial charge in [0.2, 0.25) is 0 Å². The summed E-state index contributed by atoms with van der Waals surface area (Å²) in [5.41, 5.74) is 2.46. The monoisotopic (exact) mass is 391 g/mol. The van der Waals surface area contributed by atoms with E-state index in [1.54, 1.807) is 0 Å². The molecule has 1 aliphatic rings. The Bertz CT molecular complexity index is 631. The van der Waals surface area contributed by atoms with Gasteiger partial charge < -0.3 is 14.8 Å². The molecule has 5 heteroatoms. The lowest BCUT2D eigenvalue weighted by atomic mass is 9.86. The Labute approximate surface area is 165 Å². The number of hydrogen-bond donors (Lipinski definition) is 2. The Hall–Kier alpha value is -1.33. The van der Waals surface area contributed by atoms with Gasteiger partial charge in [-0.2, -0.15) is 0 Å². The molecule has 0 heterocycles. The molecule has 0 aliphatic heterocycles. The van der Waals surface area contributed by atoms with Gasteiger partial charge >= 0.3 is 5.97 Å². The van der Waals surface area contributed by atoms with E-state index in [0.717, 1.165) is 32.3 Å². The molecule has 2 rings (SSSR count). The van der Waals surface area contributed by atoms with E-state index in [1.165, 1.54) is 11.3 Å². The van der Waals surface area contributed by atoms with Crippen molar-refractivity contribution in [3.63, 3.8) is 0 Å². The molecule has 0 aromatic heterocycles. The fourth-order valence-corrected chi connectivity index (χ4v) is 4.50. The van der Waals surface area contributed by atoms with Gasteiger partial charge in [-0.05, 0) is 55.4 Å². The van der Waals surface area contributed by atoms with Crippen LogP contribution in [0.25, 0.3) is 0 Å². The third-order valence-corrected chi connectivity index (χ3v) is 10.9. The van der Waals surface area contributed by atoms with Crippen LogP contribution < -0.4 is 5.32 Å². The van der Waals surface area contributed by atoms with Crippen LogP contribution in [0.2, 0.25) is 18.1 Å². The average molecular weight is 392 g/mol. The van der Waals surface area contributed by atoms with Gasteiger partial charge in [-0.1, -0.05) is 45.9 Å². The van der Waals surface area contributed by atoms with Crippen molar-refractivity contribution in [3.8, 4) is 0 Å². The van der Waals surface area contributed by atoms with E-state index in [0.29, 0.717) is 12.0 Å². The zero-order valence-corrected chi connectivity index (χ0v) is 18.8. The van der Waals surface area contributed by atoms with Gasteiger partial charge in [-0.15, -0.1) is 0 Å². The highest BCUT2D eigenvalue weighted by Crippen LogP contribution is 2.38. The standard InChI is InChI=1S/C22H37NO3Si/c1-16(15-26-27(5,6)22(2,3)4)19-9-7-8-10-20(19)23-18-13-11-17(12-14-18)21(24)25/h7-10,16-18,23H,11-15H2,1-6H3,(H,24,25). The van der Waals surface area contributed by atoms with Crippen LogP contribution in [0.4, 0.5) is 5.69 Å². The predicted octanol–water partition coefficient (Wildman–Crippen LogP) is 5.87. The van der Waals surface area contributed by atoms with Crippen molar-refractivity contribution >= 4 is 20.0 Å². The summed E-state index contributed by atoms with van der Waals surface area (Å²) >= 11 is 0. The van der Waals surface area contributed by atoms with Gasteiger partial charge in [0, 0.05) is 24.3 Å². The second kappa shape index (κ2) is 8.78. The first-order valence-electron chi connectivity index (χ1n) is 10.2. The number of hydrogen-bond acceptors (Lipinski definition) is 3. The molecule has 4 nitrogen and oxygen atoms in total. The molecule has 1 aliphatic carbocycles. The maximum absolute atomic E-state index is 11.2. The Morgan fingerprint density at radius 1 is 1.22 bits per heavy atom. The molecule has 0 amide bonds. The van der Waals surface area contributed by atoms with Gasteiger partial charge in [0.05, 0.1) is 5.92 Å². The molecule has 152 valence electrons. The first kappa shape index (κ1) is 22.0. The number of carboxylic acids is 1. The minimum atomic E-state index is -1.75. The molecular formula is C22H37NO3Si. The van der Waals surface area contributed by atoms with E-state index >= 15 is 0 Å². The number of rotatable bonds is 7. The second-order valence-corrected chi connectivity index (χ2v) is 14.4. The van der Waals surface area contributed by atoms with Crippen LogP contribution in [0.5, 0.6) is 0 Å². The fraction of sp³-hybridized carbons (Fsp3) is 0.682. The average Bonchev–Trinajstić information content (AvgIpc) is 2.59. The molecule has 1 aromatic rings. The molecule has 1 saturated carbocycles. The fourth-order valence-electron chi connectivity index (χ4n) is 3.40. The van der Waals surface area contributed by atoms with Crippen LogP contribution in [0, 0.1) is 5.92 Å². The zero-order valence-electron chi connectivity index (χ0n) is 17.8. The lowest BCUT2D eigenvalue weighted by molar-refractivity contribution is -0.142. The Morgan fingerprint density at radius 3 is 2.37 bits per heavy atom. The molecule has 27 heavy (non-hydrogen) atoms. The number of aliphatic carboxylic acids is 1. The summed E-state index contributed by atoms with van der Waals surface area (Å²) < 4.78 is 6.44. The predicted molar refractivity (Wildman–Crippen MR) is 115 cm³/mol. The summed E-state index contributed by atoms with van der Waals surface area (Å²) in [6, 6.07) is 8.84. The van der Waals surface area contributed by atoms with E-state index in [-0.39, 0.29) is 11.0 Å². The minimum Gasteiger partial charge on any atom is -0.481 e. The van der Waals surface area contributed by atoms with Crippen LogP contribution in [0.15, 0.2) is 24.3 Å². The molecule has 1 atom stereocenters. The summed E-state index contributed by atoms with van der Waals surface area (Å²) in [6.45, 7) is 14.4. The van der Waals surface area contributed by atoms with Crippen LogP contribution in [0.1, 0.15) is 64.9 Å². The number of anilines is 1. The number of carbonyl (C=O) groups is 1. The topological polar surface area (TPSA) is 58.6 Å². The Morgan fingerprint density at radius 2 is 1.81 bits per heavy atom. The summed E-state index contributed by atoms with van der Waals surface area (Å²) in [5.74, 6) is -0.501. The minimum absolute atomic E-state index is 0.171. The Balaban J connectivity index is 2.00. The summed E-state index contributed by atoms with van der Waals surface area (Å²) in [5, 5.41) is 13.1. The summed E-state index contributed by atoms with van der Waals surface area (Å²) in [4.78, 5) is 11.2. The molecular weight excluding hydrogens is 354 g/mol. The largest absolute Gasteiger partial charge is 0.481 e. The first-order chi connectivity index (χ1) is 12.5. The Kier molecular flexibility index (Phi) is 7.14. The molecule has 0 spiro atoms. The van der Waals surface area contributed by atoms with Crippen molar-refractivity contribution in [2.75, 3.05) is 11.9 Å². The van der Waals surface area contributed by atoms with Crippen LogP contribution >= 0.6 is 0 Å². The molecule has 0 saturated heterocycles. The first-order valence-corrected chi connectivity index (χ1v) is 13.1. The number of benzene rings is 1. The lowest BCUT2D eigenvalue weighted by Crippen LogP contribution is -2.41. The molecule has 0 radical (unpaired) electrons. The van der Waals surface area contributed by atoms with Gasteiger partial charge in [0.1, 0.15) is 0 Å². The van der Waals surface area contributed by atoms with Crippen molar-refractivity contribution in [1.29, 1.82) is 0 Å². The van der Waals surface area contributed by atoms with Crippen LogP contribution in [-0.2, 0) is 9.22 Å². The molecule has 0 bridgehead atoms. The highest BCUT2D eigenvalue weighted by atomic mass is 28.4. The van der Waals surface area contributed by atoms with E-state index in [1.807, 2.05) is 0 Å².